The molecule has 0 spiro atoms. The van der Waals surface area contributed by atoms with Gasteiger partial charge in [-0.3, -0.25) is 4.79 Å². The first-order valence-corrected chi connectivity index (χ1v) is 8.62. The zero-order valence-electron chi connectivity index (χ0n) is 14.8. The minimum Gasteiger partial charge on any atom is -0.477 e. The van der Waals surface area contributed by atoms with Crippen molar-refractivity contribution in [3.8, 4) is 0 Å². The molecule has 1 aliphatic heterocycles. The fraction of sp³-hybridized carbons (Fsp3) is 0.200. The average Bonchev–Trinajstić information content (AvgIpc) is 2.73. The summed E-state index contributed by atoms with van der Waals surface area (Å²) in [6.07, 6.45) is 4.94. The number of carbonyl (C=O) groups is 2. The Labute approximate surface area is 161 Å². The van der Waals surface area contributed by atoms with Gasteiger partial charge in [0.15, 0.2) is 5.78 Å². The van der Waals surface area contributed by atoms with Gasteiger partial charge in [-0.1, -0.05) is 23.7 Å². The van der Waals surface area contributed by atoms with Gasteiger partial charge in [-0.25, -0.2) is 9.18 Å². The van der Waals surface area contributed by atoms with Crippen molar-refractivity contribution in [1.82, 2.24) is 4.90 Å². The van der Waals surface area contributed by atoms with Crippen LogP contribution >= 0.6 is 11.6 Å². The summed E-state index contributed by atoms with van der Waals surface area (Å²) in [5.41, 5.74) is 1.35. The predicted molar refractivity (Wildman–Crippen MR) is 102 cm³/mol. The lowest BCUT2D eigenvalue weighted by atomic mass is 9.91. The quantitative estimate of drug-likeness (QED) is 0.801. The maximum Gasteiger partial charge on any atom is 0.341 e. The molecule has 0 aromatic heterocycles. The molecule has 1 N–H and O–H groups in total. The van der Waals surface area contributed by atoms with E-state index in [1.165, 1.54) is 12.3 Å². The van der Waals surface area contributed by atoms with Gasteiger partial charge < -0.3 is 14.9 Å². The SMILES string of the molecule is CN(C)Cc1ccc(N2C=C(C(=O)O)C(=O)C3=CC(F)=CC(Cl)=CC32)cc1. The summed E-state index contributed by atoms with van der Waals surface area (Å²) < 4.78 is 14.0. The molecule has 140 valence electrons. The van der Waals surface area contributed by atoms with E-state index in [4.69, 9.17) is 11.6 Å². The molecule has 1 aromatic rings. The monoisotopic (exact) mass is 388 g/mol. The Balaban J connectivity index is 2.09. The van der Waals surface area contributed by atoms with Crippen LogP contribution in [-0.4, -0.2) is 41.9 Å². The van der Waals surface area contributed by atoms with E-state index in [0.29, 0.717) is 5.69 Å². The fourth-order valence-electron chi connectivity index (χ4n) is 3.09. The van der Waals surface area contributed by atoms with E-state index in [9.17, 15) is 19.1 Å². The van der Waals surface area contributed by atoms with Crippen LogP contribution in [0, 0.1) is 0 Å². The van der Waals surface area contributed by atoms with Crippen LogP contribution in [0.25, 0.3) is 0 Å². The Hall–Kier alpha value is -2.70. The number of halogens is 2. The van der Waals surface area contributed by atoms with E-state index < -0.39 is 29.2 Å². The Morgan fingerprint density at radius 2 is 1.93 bits per heavy atom. The smallest absolute Gasteiger partial charge is 0.341 e. The molecule has 3 rings (SSSR count). The van der Waals surface area contributed by atoms with E-state index in [-0.39, 0.29) is 10.6 Å². The number of hydrogen-bond acceptors (Lipinski definition) is 4. The predicted octanol–water partition coefficient (Wildman–Crippen LogP) is 3.39. The van der Waals surface area contributed by atoms with Crippen molar-refractivity contribution in [2.75, 3.05) is 19.0 Å². The number of fused-ring (bicyclic) bond motifs is 1. The van der Waals surface area contributed by atoms with Crippen LogP contribution in [-0.2, 0) is 16.1 Å². The second-order valence-electron chi connectivity index (χ2n) is 6.61. The zero-order valence-corrected chi connectivity index (χ0v) is 15.6. The van der Waals surface area contributed by atoms with Crippen LogP contribution in [0.15, 0.2) is 70.7 Å². The molecule has 1 atom stereocenters. The third-order valence-electron chi connectivity index (χ3n) is 4.24. The fourth-order valence-corrected chi connectivity index (χ4v) is 3.31. The topological polar surface area (TPSA) is 60.9 Å². The number of Topliss-reactive ketones (excluding diaryl/α,β-unsaturated/α-hetero) is 1. The number of carboxylic acids is 1. The van der Waals surface area contributed by atoms with Gasteiger partial charge in [0.2, 0.25) is 0 Å². The minimum absolute atomic E-state index is 0.0247. The molecule has 0 saturated heterocycles. The molecule has 1 aromatic carbocycles. The largest absolute Gasteiger partial charge is 0.477 e. The standard InChI is InChI=1S/C20H18ClFN2O3/c1-23(2)10-12-3-5-15(6-4-12)24-11-17(20(26)27)19(25)16-9-14(22)7-13(21)8-18(16)24/h3-9,11,18H,10H2,1-2H3,(H,26,27). The normalized spacial score (nSPS) is 19.7. The summed E-state index contributed by atoms with van der Waals surface area (Å²) in [6, 6.07) is 6.81. The number of carbonyl (C=O) groups excluding carboxylic acids is 1. The highest BCUT2D eigenvalue weighted by atomic mass is 35.5. The molecular formula is C20H18ClFN2O3. The maximum absolute atomic E-state index is 14.0. The van der Waals surface area contributed by atoms with Crippen molar-refractivity contribution in [3.63, 3.8) is 0 Å². The number of ketones is 1. The first-order valence-electron chi connectivity index (χ1n) is 8.24. The number of benzene rings is 1. The molecule has 0 amide bonds. The molecule has 0 saturated carbocycles. The van der Waals surface area contributed by atoms with Gasteiger partial charge in [-0.05, 0) is 50.0 Å². The Bertz CT molecular complexity index is 914. The lowest BCUT2D eigenvalue weighted by Gasteiger charge is -2.34. The highest BCUT2D eigenvalue weighted by Gasteiger charge is 2.36. The van der Waals surface area contributed by atoms with Crippen molar-refractivity contribution in [3.05, 3.63) is 76.3 Å². The van der Waals surface area contributed by atoms with Crippen LogP contribution in [0.4, 0.5) is 10.1 Å². The molecule has 0 fully saturated rings. The average molecular weight is 389 g/mol. The summed E-state index contributed by atoms with van der Waals surface area (Å²) >= 11 is 6.05. The third kappa shape index (κ3) is 4.02. The molecule has 0 bridgehead atoms. The number of hydrogen-bond donors (Lipinski definition) is 1. The van der Waals surface area contributed by atoms with Crippen LogP contribution < -0.4 is 4.90 Å². The van der Waals surface area contributed by atoms with E-state index in [1.54, 1.807) is 4.90 Å². The van der Waals surface area contributed by atoms with Gasteiger partial charge in [0.25, 0.3) is 0 Å². The molecule has 2 aliphatic rings. The third-order valence-corrected chi connectivity index (χ3v) is 4.48. The van der Waals surface area contributed by atoms with E-state index in [1.807, 2.05) is 43.3 Å². The summed E-state index contributed by atoms with van der Waals surface area (Å²) in [4.78, 5) is 27.7. The second-order valence-corrected chi connectivity index (χ2v) is 7.05. The molecule has 1 aliphatic carbocycles. The van der Waals surface area contributed by atoms with Crippen molar-refractivity contribution < 1.29 is 19.1 Å². The summed E-state index contributed by atoms with van der Waals surface area (Å²) in [6.45, 7) is 0.754. The summed E-state index contributed by atoms with van der Waals surface area (Å²) in [5.74, 6) is -2.79. The molecule has 0 radical (unpaired) electrons. The van der Waals surface area contributed by atoms with Crippen molar-refractivity contribution in [2.24, 2.45) is 0 Å². The number of rotatable bonds is 4. The van der Waals surface area contributed by atoms with Gasteiger partial charge in [0.05, 0.1) is 6.04 Å². The molecule has 1 heterocycles. The second kappa shape index (κ2) is 7.50. The Kier molecular flexibility index (Phi) is 5.30. The first-order chi connectivity index (χ1) is 12.8. The van der Waals surface area contributed by atoms with Crippen LogP contribution in [0.2, 0.25) is 0 Å². The maximum atomic E-state index is 14.0. The number of aliphatic carboxylic acids is 1. The van der Waals surface area contributed by atoms with Crippen LogP contribution in [0.3, 0.4) is 0 Å². The van der Waals surface area contributed by atoms with E-state index in [0.717, 1.165) is 24.3 Å². The molecule has 1 unspecified atom stereocenters. The minimum atomic E-state index is -1.36. The van der Waals surface area contributed by atoms with Crippen molar-refractivity contribution in [1.29, 1.82) is 0 Å². The van der Waals surface area contributed by atoms with Crippen molar-refractivity contribution >= 4 is 29.0 Å². The van der Waals surface area contributed by atoms with Crippen molar-refractivity contribution in [2.45, 2.75) is 12.6 Å². The zero-order chi connectivity index (χ0) is 19.7. The van der Waals surface area contributed by atoms with Gasteiger partial charge in [-0.15, -0.1) is 0 Å². The van der Waals surface area contributed by atoms with Gasteiger partial charge in [0, 0.05) is 29.0 Å². The highest BCUT2D eigenvalue weighted by Crippen LogP contribution is 2.33. The van der Waals surface area contributed by atoms with Crippen LogP contribution in [0.5, 0.6) is 0 Å². The molecule has 7 heteroatoms. The van der Waals surface area contributed by atoms with E-state index >= 15 is 0 Å². The lowest BCUT2D eigenvalue weighted by molar-refractivity contribution is -0.134. The summed E-state index contributed by atoms with van der Waals surface area (Å²) in [5, 5.41) is 9.53. The first kappa shape index (κ1) is 19.1. The highest BCUT2D eigenvalue weighted by molar-refractivity contribution is 6.32. The Morgan fingerprint density at radius 1 is 1.26 bits per heavy atom. The van der Waals surface area contributed by atoms with Gasteiger partial charge >= 0.3 is 5.97 Å². The Morgan fingerprint density at radius 3 is 2.52 bits per heavy atom. The van der Waals surface area contributed by atoms with E-state index in [2.05, 4.69) is 0 Å². The number of nitrogens with zero attached hydrogens (tertiary/aromatic N) is 2. The van der Waals surface area contributed by atoms with Gasteiger partial charge in [-0.2, -0.15) is 0 Å². The summed E-state index contributed by atoms with van der Waals surface area (Å²) in [7, 11) is 3.92. The van der Waals surface area contributed by atoms with Gasteiger partial charge in [0.1, 0.15) is 11.4 Å². The number of anilines is 1. The number of allylic oxidation sites excluding steroid dienone is 4. The number of carboxylic acid groups (broad SMARTS) is 1. The molecule has 5 nitrogen and oxygen atoms in total. The van der Waals surface area contributed by atoms with Crippen LogP contribution in [0.1, 0.15) is 5.56 Å². The molecule has 27 heavy (non-hydrogen) atoms. The lowest BCUT2D eigenvalue weighted by Crippen LogP contribution is -2.40. The molecular weight excluding hydrogens is 371 g/mol.